The van der Waals surface area contributed by atoms with Gasteiger partial charge in [0.05, 0.1) is 32.9 Å². The normalized spacial score (nSPS) is 17.3. The van der Waals surface area contributed by atoms with Crippen molar-refractivity contribution in [3.8, 4) is 17.2 Å². The molecule has 0 bridgehead atoms. The number of hydrogen-bond acceptors (Lipinski definition) is 7. The molecule has 1 aliphatic rings. The molecule has 0 radical (unpaired) electrons. The lowest BCUT2D eigenvalue weighted by Gasteiger charge is -2.27. The fraction of sp³-hybridized carbons (Fsp3) is 0.385. The number of ketones is 1. The van der Waals surface area contributed by atoms with Crippen LogP contribution in [0.4, 0.5) is 0 Å². The number of likely N-dealkylation sites (tertiary alicyclic amines) is 1. The number of amides is 1. The van der Waals surface area contributed by atoms with Gasteiger partial charge < -0.3 is 29.1 Å². The molecule has 1 unspecified atom stereocenters. The van der Waals surface area contributed by atoms with E-state index in [-0.39, 0.29) is 11.3 Å². The molecule has 3 rings (SSSR count). The molecule has 8 nitrogen and oxygen atoms in total. The zero-order chi connectivity index (χ0) is 25.9. The summed E-state index contributed by atoms with van der Waals surface area (Å²) >= 11 is 3.46. The van der Waals surface area contributed by atoms with E-state index >= 15 is 0 Å². The molecule has 1 heterocycles. The highest BCUT2D eigenvalue weighted by Crippen LogP contribution is 2.45. The van der Waals surface area contributed by atoms with Crippen molar-refractivity contribution in [2.24, 2.45) is 0 Å². The van der Waals surface area contributed by atoms with Gasteiger partial charge in [-0.3, -0.25) is 9.59 Å². The van der Waals surface area contributed by atoms with Gasteiger partial charge in [0.1, 0.15) is 5.76 Å². The molecule has 188 valence electrons. The Morgan fingerprint density at radius 3 is 2.20 bits per heavy atom. The van der Waals surface area contributed by atoms with Gasteiger partial charge in [-0.1, -0.05) is 22.0 Å². The molecule has 2 aromatic carbocycles. The number of aliphatic hydroxyl groups excluding tert-OH is 1. The average molecular weight is 547 g/mol. The number of nitrogens with zero attached hydrogens (tertiary/aromatic N) is 2. The van der Waals surface area contributed by atoms with E-state index in [4.69, 9.17) is 14.2 Å². The summed E-state index contributed by atoms with van der Waals surface area (Å²) in [4.78, 5) is 30.0. The molecule has 1 fully saturated rings. The van der Waals surface area contributed by atoms with E-state index in [1.165, 1.54) is 26.2 Å². The van der Waals surface area contributed by atoms with Crippen LogP contribution in [0.1, 0.15) is 29.2 Å². The number of ether oxygens (including phenoxy) is 3. The quantitative estimate of drug-likeness (QED) is 0.287. The first-order valence-electron chi connectivity index (χ1n) is 11.1. The maximum absolute atomic E-state index is 13.3. The van der Waals surface area contributed by atoms with Crippen LogP contribution in [-0.4, -0.2) is 75.1 Å². The second kappa shape index (κ2) is 11.1. The SMILES string of the molecule is COc1cc(C2/C(=C(\O)c3ccc(Br)c(C)c3)C(=O)C(=O)N2CCCN(C)C)cc(OC)c1OC. The van der Waals surface area contributed by atoms with Crippen molar-refractivity contribution in [2.45, 2.75) is 19.4 Å². The van der Waals surface area contributed by atoms with Gasteiger partial charge >= 0.3 is 0 Å². The summed E-state index contributed by atoms with van der Waals surface area (Å²) < 4.78 is 17.3. The smallest absolute Gasteiger partial charge is 0.295 e. The minimum atomic E-state index is -0.824. The molecule has 1 N–H and O–H groups in total. The molecule has 1 saturated heterocycles. The highest BCUT2D eigenvalue weighted by Gasteiger charge is 2.46. The number of halogens is 1. The third-order valence-electron chi connectivity index (χ3n) is 5.98. The Balaban J connectivity index is 2.23. The zero-order valence-corrected chi connectivity index (χ0v) is 22.4. The van der Waals surface area contributed by atoms with E-state index in [1.807, 2.05) is 25.9 Å². The predicted octanol–water partition coefficient (Wildman–Crippen LogP) is 4.16. The lowest BCUT2D eigenvalue weighted by atomic mass is 9.94. The summed E-state index contributed by atoms with van der Waals surface area (Å²) in [6, 6.07) is 7.86. The van der Waals surface area contributed by atoms with Gasteiger partial charge in [-0.25, -0.2) is 0 Å². The van der Waals surface area contributed by atoms with Gasteiger partial charge in [-0.2, -0.15) is 0 Å². The van der Waals surface area contributed by atoms with Crippen molar-refractivity contribution in [1.29, 1.82) is 0 Å². The number of carbonyl (C=O) groups excluding carboxylic acids is 2. The highest BCUT2D eigenvalue weighted by molar-refractivity contribution is 9.10. The van der Waals surface area contributed by atoms with Crippen molar-refractivity contribution in [2.75, 3.05) is 48.5 Å². The number of aliphatic hydroxyl groups is 1. The Kier molecular flexibility index (Phi) is 8.45. The molecular weight excluding hydrogens is 516 g/mol. The van der Waals surface area contributed by atoms with E-state index in [0.717, 1.165) is 16.6 Å². The number of benzene rings is 2. The van der Waals surface area contributed by atoms with Crippen LogP contribution in [0.3, 0.4) is 0 Å². The number of carbonyl (C=O) groups is 2. The summed E-state index contributed by atoms with van der Waals surface area (Å²) in [5, 5.41) is 11.3. The van der Waals surface area contributed by atoms with E-state index < -0.39 is 17.7 Å². The molecule has 0 aliphatic carbocycles. The standard InChI is InChI=1S/C26H31BrN2O6/c1-15-12-16(8-9-18(15)27)23(30)21-22(29(26(32)24(21)31)11-7-10-28(2)3)17-13-19(33-4)25(35-6)20(14-17)34-5/h8-9,12-14,22,30H,7,10-11H2,1-6H3/b23-21+. The van der Waals surface area contributed by atoms with Crippen LogP contribution in [0, 0.1) is 6.92 Å². The topological polar surface area (TPSA) is 88.5 Å². The van der Waals surface area contributed by atoms with E-state index in [9.17, 15) is 14.7 Å². The third-order valence-corrected chi connectivity index (χ3v) is 6.87. The Morgan fingerprint density at radius 2 is 1.69 bits per heavy atom. The molecule has 1 amide bonds. The van der Waals surface area contributed by atoms with Crippen molar-refractivity contribution in [3.63, 3.8) is 0 Å². The molecule has 0 aromatic heterocycles. The molecule has 1 aliphatic heterocycles. The Morgan fingerprint density at radius 1 is 1.06 bits per heavy atom. The second-order valence-electron chi connectivity index (χ2n) is 8.57. The molecule has 2 aromatic rings. The van der Waals surface area contributed by atoms with Gasteiger partial charge in [-0.15, -0.1) is 0 Å². The number of aryl methyl sites for hydroxylation is 1. The fourth-order valence-corrected chi connectivity index (χ4v) is 4.47. The fourth-order valence-electron chi connectivity index (χ4n) is 4.22. The first-order valence-corrected chi connectivity index (χ1v) is 11.9. The van der Waals surface area contributed by atoms with Gasteiger partial charge in [-0.05, 0) is 69.4 Å². The van der Waals surface area contributed by atoms with Crippen molar-refractivity contribution < 1.29 is 28.9 Å². The van der Waals surface area contributed by atoms with Gasteiger partial charge in [0.25, 0.3) is 11.7 Å². The number of Topliss-reactive ketones (excluding diaryl/α,β-unsaturated/α-hetero) is 1. The second-order valence-corrected chi connectivity index (χ2v) is 9.43. The van der Waals surface area contributed by atoms with Crippen molar-refractivity contribution in [3.05, 3.63) is 57.1 Å². The van der Waals surface area contributed by atoms with Crippen LogP contribution < -0.4 is 14.2 Å². The Labute approximate surface area is 214 Å². The minimum Gasteiger partial charge on any atom is -0.507 e. The lowest BCUT2D eigenvalue weighted by Crippen LogP contribution is -2.32. The first-order chi connectivity index (χ1) is 16.6. The lowest BCUT2D eigenvalue weighted by molar-refractivity contribution is -0.139. The van der Waals surface area contributed by atoms with Crippen LogP contribution >= 0.6 is 15.9 Å². The first kappa shape index (κ1) is 26.6. The average Bonchev–Trinajstić information content (AvgIpc) is 3.09. The third kappa shape index (κ3) is 5.31. The van der Waals surface area contributed by atoms with Crippen LogP contribution in [-0.2, 0) is 9.59 Å². The van der Waals surface area contributed by atoms with Gasteiger partial charge in [0.2, 0.25) is 5.75 Å². The number of methoxy groups -OCH3 is 3. The largest absolute Gasteiger partial charge is 0.507 e. The predicted molar refractivity (Wildman–Crippen MR) is 137 cm³/mol. The molecule has 35 heavy (non-hydrogen) atoms. The molecule has 1 atom stereocenters. The summed E-state index contributed by atoms with van der Waals surface area (Å²) in [6.45, 7) is 2.95. The summed E-state index contributed by atoms with van der Waals surface area (Å²) in [7, 11) is 8.39. The maximum Gasteiger partial charge on any atom is 0.295 e. The van der Waals surface area contributed by atoms with E-state index in [0.29, 0.717) is 41.3 Å². The minimum absolute atomic E-state index is 0.0239. The number of rotatable bonds is 9. The summed E-state index contributed by atoms with van der Waals surface area (Å²) in [6.07, 6.45) is 0.651. The number of hydrogen-bond donors (Lipinski definition) is 1. The summed E-state index contributed by atoms with van der Waals surface area (Å²) in [5.74, 6) is -0.440. The molecule has 9 heteroatoms. The van der Waals surface area contributed by atoms with Crippen LogP contribution in [0.2, 0.25) is 0 Å². The molecule has 0 saturated carbocycles. The van der Waals surface area contributed by atoms with E-state index in [2.05, 4.69) is 15.9 Å². The Bertz CT molecular complexity index is 1140. The van der Waals surface area contributed by atoms with Crippen LogP contribution in [0.5, 0.6) is 17.2 Å². The van der Waals surface area contributed by atoms with Crippen molar-refractivity contribution in [1.82, 2.24) is 9.80 Å². The van der Waals surface area contributed by atoms with Crippen LogP contribution in [0.15, 0.2) is 40.4 Å². The highest BCUT2D eigenvalue weighted by atomic mass is 79.9. The zero-order valence-electron chi connectivity index (χ0n) is 20.8. The molecular formula is C26H31BrN2O6. The van der Waals surface area contributed by atoms with Crippen molar-refractivity contribution >= 4 is 33.4 Å². The summed E-state index contributed by atoms with van der Waals surface area (Å²) in [5.41, 5.74) is 1.93. The van der Waals surface area contributed by atoms with Gasteiger partial charge in [0.15, 0.2) is 11.5 Å². The Hall–Kier alpha value is -3.04. The van der Waals surface area contributed by atoms with E-state index in [1.54, 1.807) is 30.3 Å². The maximum atomic E-state index is 13.3. The monoisotopic (exact) mass is 546 g/mol. The van der Waals surface area contributed by atoms with Crippen LogP contribution in [0.25, 0.3) is 5.76 Å². The molecule has 0 spiro atoms. The van der Waals surface area contributed by atoms with Gasteiger partial charge in [0, 0.05) is 16.6 Å².